The van der Waals surface area contributed by atoms with E-state index in [0.29, 0.717) is 24.4 Å². The first-order valence-corrected chi connectivity index (χ1v) is 7.64. The van der Waals surface area contributed by atoms with Gasteiger partial charge in [0, 0.05) is 25.7 Å². The third-order valence-corrected chi connectivity index (χ3v) is 3.69. The molecule has 0 N–H and O–H groups in total. The summed E-state index contributed by atoms with van der Waals surface area (Å²) in [5, 5.41) is 15.2. The minimum atomic E-state index is -0.518. The topological polar surface area (TPSA) is 90.5 Å². The lowest BCUT2D eigenvalue weighted by Gasteiger charge is -2.18. The smallest absolute Gasteiger partial charge is 0.353 e. The fourth-order valence-electron chi connectivity index (χ4n) is 2.42. The fraction of sp³-hybridized carbons (Fsp3) is 0.375. The Kier molecular flexibility index (Phi) is 5.18. The highest BCUT2D eigenvalue weighted by Crippen LogP contribution is 2.33. The summed E-state index contributed by atoms with van der Waals surface area (Å²) in [6, 6.07) is 6.52. The van der Waals surface area contributed by atoms with Crippen molar-refractivity contribution >= 4 is 11.6 Å². The highest BCUT2D eigenvalue weighted by Gasteiger charge is 2.26. The summed E-state index contributed by atoms with van der Waals surface area (Å²) in [5.41, 5.74) is 0.661. The van der Waals surface area contributed by atoms with Crippen molar-refractivity contribution in [2.24, 2.45) is 7.05 Å². The third kappa shape index (κ3) is 3.37. The lowest BCUT2D eigenvalue weighted by atomic mass is 10.2. The number of aryl methyl sites for hydroxylation is 2. The van der Waals surface area contributed by atoms with Gasteiger partial charge in [-0.3, -0.25) is 14.9 Å². The zero-order valence-corrected chi connectivity index (χ0v) is 14.1. The molecule has 0 atom stereocenters. The Labute approximate surface area is 139 Å². The van der Waals surface area contributed by atoms with Crippen LogP contribution in [0.3, 0.4) is 0 Å². The molecule has 0 spiro atoms. The molecule has 0 fully saturated rings. The van der Waals surface area contributed by atoms with Crippen molar-refractivity contribution in [3.63, 3.8) is 0 Å². The predicted molar refractivity (Wildman–Crippen MR) is 88.4 cm³/mol. The standard InChI is InChI=1S/C16H20N4O4/c1-5-19(6-2)15(21)12-7-9-13(10-8-12)24-16-14(20(22)23)11(3)17-18(16)4/h7-10H,5-6H2,1-4H3. The van der Waals surface area contributed by atoms with Gasteiger partial charge >= 0.3 is 5.69 Å². The van der Waals surface area contributed by atoms with Crippen LogP contribution in [0.5, 0.6) is 11.6 Å². The van der Waals surface area contributed by atoms with Crippen molar-refractivity contribution in [3.05, 3.63) is 45.6 Å². The summed E-state index contributed by atoms with van der Waals surface area (Å²) in [7, 11) is 1.58. The Hall–Kier alpha value is -2.90. The molecule has 0 aliphatic heterocycles. The maximum Gasteiger partial charge on any atom is 0.353 e. The van der Waals surface area contributed by atoms with E-state index in [9.17, 15) is 14.9 Å². The van der Waals surface area contributed by atoms with Gasteiger partial charge in [0.15, 0.2) is 0 Å². The van der Waals surface area contributed by atoms with Gasteiger partial charge in [0.2, 0.25) is 0 Å². The second kappa shape index (κ2) is 7.12. The Balaban J connectivity index is 2.24. The molecule has 1 aromatic heterocycles. The van der Waals surface area contributed by atoms with Crippen LogP contribution in [-0.2, 0) is 7.05 Å². The molecule has 1 aromatic carbocycles. The summed E-state index contributed by atoms with van der Waals surface area (Å²) in [5.74, 6) is 0.395. The lowest BCUT2D eigenvalue weighted by Crippen LogP contribution is -2.30. The molecule has 1 heterocycles. The summed E-state index contributed by atoms with van der Waals surface area (Å²) >= 11 is 0. The molecule has 0 radical (unpaired) electrons. The maximum atomic E-state index is 12.3. The van der Waals surface area contributed by atoms with Crippen LogP contribution in [0.4, 0.5) is 5.69 Å². The van der Waals surface area contributed by atoms with E-state index in [2.05, 4.69) is 5.10 Å². The average molecular weight is 332 g/mol. The minimum absolute atomic E-state index is 0.0559. The van der Waals surface area contributed by atoms with Gasteiger partial charge in [-0.1, -0.05) is 0 Å². The van der Waals surface area contributed by atoms with Crippen molar-refractivity contribution in [1.29, 1.82) is 0 Å². The first kappa shape index (κ1) is 17.5. The second-order valence-electron chi connectivity index (χ2n) is 5.22. The number of hydrogen-bond acceptors (Lipinski definition) is 5. The molecule has 0 aliphatic rings. The van der Waals surface area contributed by atoms with Crippen LogP contribution in [0, 0.1) is 17.0 Å². The zero-order valence-electron chi connectivity index (χ0n) is 14.1. The molecule has 0 bridgehead atoms. The van der Waals surface area contributed by atoms with Gasteiger partial charge in [0.1, 0.15) is 11.4 Å². The van der Waals surface area contributed by atoms with Crippen molar-refractivity contribution < 1.29 is 14.5 Å². The number of carbonyl (C=O) groups excluding carboxylic acids is 1. The van der Waals surface area contributed by atoms with E-state index in [0.717, 1.165) is 0 Å². The molecule has 0 saturated carbocycles. The van der Waals surface area contributed by atoms with Gasteiger partial charge in [-0.15, -0.1) is 0 Å². The highest BCUT2D eigenvalue weighted by atomic mass is 16.6. The number of ether oxygens (including phenoxy) is 1. The number of nitro groups is 1. The molecule has 1 amide bonds. The van der Waals surface area contributed by atoms with Gasteiger partial charge in [0.05, 0.1) is 4.92 Å². The fourth-order valence-corrected chi connectivity index (χ4v) is 2.42. The number of rotatable bonds is 6. The summed E-state index contributed by atoms with van der Waals surface area (Å²) in [4.78, 5) is 24.6. The predicted octanol–water partition coefficient (Wildman–Crippen LogP) is 2.91. The molecule has 2 aromatic rings. The van der Waals surface area contributed by atoms with Crippen molar-refractivity contribution in [2.45, 2.75) is 20.8 Å². The normalized spacial score (nSPS) is 10.5. The first-order valence-electron chi connectivity index (χ1n) is 7.64. The third-order valence-electron chi connectivity index (χ3n) is 3.69. The minimum Gasteiger partial charge on any atom is -0.434 e. The van der Waals surface area contributed by atoms with Crippen LogP contribution in [0.15, 0.2) is 24.3 Å². The van der Waals surface area contributed by atoms with Crippen LogP contribution in [0.25, 0.3) is 0 Å². The van der Waals surface area contributed by atoms with Gasteiger partial charge in [0.25, 0.3) is 11.8 Å². The van der Waals surface area contributed by atoms with Gasteiger partial charge < -0.3 is 9.64 Å². The van der Waals surface area contributed by atoms with E-state index < -0.39 is 4.92 Å². The Morgan fingerprint density at radius 1 is 1.29 bits per heavy atom. The van der Waals surface area contributed by atoms with Crippen molar-refractivity contribution in [2.75, 3.05) is 13.1 Å². The molecule has 0 unspecified atom stereocenters. The molecule has 0 aliphatic carbocycles. The summed E-state index contributed by atoms with van der Waals surface area (Å²) < 4.78 is 6.93. The van der Waals surface area contributed by atoms with Crippen LogP contribution in [0.1, 0.15) is 29.9 Å². The highest BCUT2D eigenvalue weighted by molar-refractivity contribution is 5.94. The first-order chi connectivity index (χ1) is 11.4. The number of benzene rings is 1. The number of amides is 1. The molecule has 2 rings (SSSR count). The molecular formula is C16H20N4O4. The molecule has 8 nitrogen and oxygen atoms in total. The molecule has 128 valence electrons. The van der Waals surface area contributed by atoms with Gasteiger partial charge in [-0.2, -0.15) is 5.10 Å². The van der Waals surface area contributed by atoms with Gasteiger partial charge in [-0.25, -0.2) is 4.68 Å². The van der Waals surface area contributed by atoms with E-state index in [1.54, 1.807) is 43.1 Å². The number of aromatic nitrogens is 2. The van der Waals surface area contributed by atoms with Crippen LogP contribution in [-0.4, -0.2) is 38.6 Å². The van der Waals surface area contributed by atoms with Crippen LogP contribution >= 0.6 is 0 Å². The van der Waals surface area contributed by atoms with E-state index in [1.165, 1.54) is 4.68 Å². The van der Waals surface area contributed by atoms with E-state index in [1.807, 2.05) is 13.8 Å². The van der Waals surface area contributed by atoms with Crippen molar-refractivity contribution in [1.82, 2.24) is 14.7 Å². The number of hydrogen-bond donors (Lipinski definition) is 0. The molecule has 24 heavy (non-hydrogen) atoms. The quantitative estimate of drug-likeness (QED) is 0.599. The number of nitrogens with zero attached hydrogens (tertiary/aromatic N) is 4. The van der Waals surface area contributed by atoms with Crippen LogP contribution in [0.2, 0.25) is 0 Å². The summed E-state index contributed by atoms with van der Waals surface area (Å²) in [6.45, 7) is 6.66. The van der Waals surface area contributed by atoms with Crippen molar-refractivity contribution in [3.8, 4) is 11.6 Å². The van der Waals surface area contributed by atoms with E-state index in [4.69, 9.17) is 4.74 Å². The van der Waals surface area contributed by atoms with E-state index >= 15 is 0 Å². The largest absolute Gasteiger partial charge is 0.434 e. The monoisotopic (exact) mass is 332 g/mol. The average Bonchev–Trinajstić information content (AvgIpc) is 2.83. The SMILES string of the molecule is CCN(CC)C(=O)c1ccc(Oc2c([N+](=O)[O-])c(C)nn2C)cc1. The molecule has 0 saturated heterocycles. The Morgan fingerprint density at radius 3 is 2.38 bits per heavy atom. The number of carbonyl (C=O) groups is 1. The zero-order chi connectivity index (χ0) is 17.9. The molecular weight excluding hydrogens is 312 g/mol. The van der Waals surface area contributed by atoms with Gasteiger partial charge in [-0.05, 0) is 45.0 Å². The Bertz CT molecular complexity index is 748. The van der Waals surface area contributed by atoms with E-state index in [-0.39, 0.29) is 23.2 Å². The molecule has 8 heteroatoms. The summed E-state index contributed by atoms with van der Waals surface area (Å²) in [6.07, 6.45) is 0. The van der Waals surface area contributed by atoms with Crippen LogP contribution < -0.4 is 4.74 Å². The maximum absolute atomic E-state index is 12.3. The Morgan fingerprint density at radius 2 is 1.88 bits per heavy atom. The lowest BCUT2D eigenvalue weighted by molar-refractivity contribution is -0.386. The second-order valence-corrected chi connectivity index (χ2v) is 5.22.